The molecule has 7 heteroatoms. The first-order valence-electron chi connectivity index (χ1n) is 11.6. The van der Waals surface area contributed by atoms with E-state index in [1.54, 1.807) is 35.4 Å². The van der Waals surface area contributed by atoms with Gasteiger partial charge in [-0.3, -0.25) is 14.7 Å². The second kappa shape index (κ2) is 10.5. The highest BCUT2D eigenvalue weighted by molar-refractivity contribution is 6.30. The molecule has 2 heterocycles. The topological polar surface area (TPSA) is 62.7 Å². The molecule has 1 aliphatic heterocycles. The summed E-state index contributed by atoms with van der Waals surface area (Å²) in [5.74, 6) is -0.175. The summed E-state index contributed by atoms with van der Waals surface area (Å²) in [5, 5.41) is 11.3. The van der Waals surface area contributed by atoms with Gasteiger partial charge < -0.3 is 9.84 Å². The predicted octanol–water partition coefficient (Wildman–Crippen LogP) is 6.46. The molecule has 0 radical (unpaired) electrons. The Morgan fingerprint density at radius 3 is 2.49 bits per heavy atom. The summed E-state index contributed by atoms with van der Waals surface area (Å²) < 4.78 is 6.62. The monoisotopic (exact) mass is 510 g/mol. The molecular formula is C28H28Cl2N2O3. The normalized spacial score (nSPS) is 18.0. The third-order valence-electron chi connectivity index (χ3n) is 6.31. The molecule has 35 heavy (non-hydrogen) atoms. The van der Waals surface area contributed by atoms with Crippen LogP contribution in [0.15, 0.2) is 67.4 Å². The van der Waals surface area contributed by atoms with Crippen molar-refractivity contribution in [3.63, 3.8) is 0 Å². The number of carbonyl (C=O) groups is 1. The van der Waals surface area contributed by atoms with Crippen molar-refractivity contribution in [2.75, 3.05) is 6.61 Å². The molecule has 0 spiro atoms. The summed E-state index contributed by atoms with van der Waals surface area (Å²) >= 11 is 12.3. The van der Waals surface area contributed by atoms with Gasteiger partial charge in [-0.2, -0.15) is 0 Å². The number of hydrogen-bond donors (Lipinski definition) is 1. The SMILES string of the molecule is C=C(C)c1ccc2c(c1)C(=O)N(Cc1ccc(Cl)cn1)C2(OCCC(O)CC)c1ccc(Cl)cc1. The van der Waals surface area contributed by atoms with Crippen LogP contribution in [0, 0.1) is 0 Å². The second-order valence-corrected chi connectivity index (χ2v) is 9.62. The van der Waals surface area contributed by atoms with Crippen molar-refractivity contribution in [1.29, 1.82) is 0 Å². The van der Waals surface area contributed by atoms with Crippen LogP contribution in [0.3, 0.4) is 0 Å². The van der Waals surface area contributed by atoms with Crippen molar-refractivity contribution in [1.82, 2.24) is 9.88 Å². The minimum Gasteiger partial charge on any atom is -0.393 e. The molecule has 2 unspecified atom stereocenters. The van der Waals surface area contributed by atoms with Gasteiger partial charge >= 0.3 is 0 Å². The fourth-order valence-electron chi connectivity index (χ4n) is 4.33. The van der Waals surface area contributed by atoms with Gasteiger partial charge in [0.25, 0.3) is 5.91 Å². The number of pyridine rings is 1. The number of hydrogen-bond acceptors (Lipinski definition) is 4. The Morgan fingerprint density at radius 1 is 1.14 bits per heavy atom. The Hall–Kier alpha value is -2.70. The Kier molecular flexibility index (Phi) is 7.62. The number of fused-ring (bicyclic) bond motifs is 1. The van der Waals surface area contributed by atoms with E-state index in [1.807, 2.05) is 44.2 Å². The molecule has 1 amide bonds. The summed E-state index contributed by atoms with van der Waals surface area (Å²) in [5.41, 5.74) is 3.24. The van der Waals surface area contributed by atoms with Crippen molar-refractivity contribution in [3.8, 4) is 0 Å². The fourth-order valence-corrected chi connectivity index (χ4v) is 4.57. The number of nitrogens with zero attached hydrogens (tertiary/aromatic N) is 2. The Balaban J connectivity index is 1.89. The highest BCUT2D eigenvalue weighted by Gasteiger charge is 2.52. The van der Waals surface area contributed by atoms with Gasteiger partial charge in [0.2, 0.25) is 0 Å². The molecule has 0 aliphatic carbocycles. The molecule has 0 fully saturated rings. The molecule has 5 nitrogen and oxygen atoms in total. The zero-order chi connectivity index (χ0) is 25.2. The van der Waals surface area contributed by atoms with E-state index in [0.29, 0.717) is 34.1 Å². The highest BCUT2D eigenvalue weighted by atomic mass is 35.5. The van der Waals surface area contributed by atoms with Gasteiger partial charge in [0.15, 0.2) is 5.72 Å². The lowest BCUT2D eigenvalue weighted by molar-refractivity contribution is -0.117. The number of rotatable bonds is 9. The van der Waals surface area contributed by atoms with E-state index in [9.17, 15) is 9.90 Å². The lowest BCUT2D eigenvalue weighted by atomic mass is 9.91. The second-order valence-electron chi connectivity index (χ2n) is 8.75. The highest BCUT2D eigenvalue weighted by Crippen LogP contribution is 2.47. The van der Waals surface area contributed by atoms with E-state index in [0.717, 1.165) is 22.3 Å². The van der Waals surface area contributed by atoms with Gasteiger partial charge in [0.1, 0.15) is 0 Å². The largest absolute Gasteiger partial charge is 0.393 e. The zero-order valence-corrected chi connectivity index (χ0v) is 21.3. The predicted molar refractivity (Wildman–Crippen MR) is 139 cm³/mol. The van der Waals surface area contributed by atoms with E-state index in [1.165, 1.54) is 0 Å². The first kappa shape index (κ1) is 25.4. The van der Waals surface area contributed by atoms with Crippen molar-refractivity contribution in [2.45, 2.75) is 45.1 Å². The van der Waals surface area contributed by atoms with Crippen LogP contribution in [0.4, 0.5) is 0 Å². The summed E-state index contributed by atoms with van der Waals surface area (Å²) in [4.78, 5) is 20.1. The first-order chi connectivity index (χ1) is 16.8. The minimum absolute atomic E-state index is 0.175. The van der Waals surface area contributed by atoms with Crippen LogP contribution >= 0.6 is 23.2 Å². The maximum atomic E-state index is 13.9. The van der Waals surface area contributed by atoms with Gasteiger partial charge in [0, 0.05) is 27.9 Å². The van der Waals surface area contributed by atoms with Crippen LogP contribution in [-0.2, 0) is 17.0 Å². The Bertz CT molecular complexity index is 1230. The average molecular weight is 511 g/mol. The number of allylic oxidation sites excluding steroid dienone is 1. The van der Waals surface area contributed by atoms with Crippen LogP contribution in [0.1, 0.15) is 59.4 Å². The number of aliphatic hydroxyl groups is 1. The van der Waals surface area contributed by atoms with Crippen molar-refractivity contribution in [2.24, 2.45) is 0 Å². The smallest absolute Gasteiger partial charge is 0.257 e. The summed E-state index contributed by atoms with van der Waals surface area (Å²) in [6.07, 6.45) is 2.12. The number of aliphatic hydroxyl groups excluding tert-OH is 1. The maximum Gasteiger partial charge on any atom is 0.257 e. The standard InChI is InChI=1S/C28H28Cl2N2O3/c1-4-24(33)13-14-35-28(20-6-8-21(29)9-7-20)26-12-5-19(18(2)3)15-25(26)27(34)32(28)17-23-11-10-22(30)16-31-23/h5-12,15-16,24,33H,2,4,13-14,17H2,1,3H3. The van der Waals surface area contributed by atoms with E-state index < -0.39 is 11.8 Å². The quantitative estimate of drug-likeness (QED) is 0.358. The van der Waals surface area contributed by atoms with Gasteiger partial charge in [-0.15, -0.1) is 0 Å². The molecule has 1 aliphatic rings. The molecule has 182 valence electrons. The van der Waals surface area contributed by atoms with Crippen LogP contribution in [-0.4, -0.2) is 33.6 Å². The summed E-state index contributed by atoms with van der Waals surface area (Å²) in [7, 11) is 0. The van der Waals surface area contributed by atoms with Crippen LogP contribution in [0.5, 0.6) is 0 Å². The van der Waals surface area contributed by atoms with Crippen LogP contribution in [0.25, 0.3) is 5.57 Å². The molecule has 2 aromatic carbocycles. The fraction of sp³-hybridized carbons (Fsp3) is 0.286. The summed E-state index contributed by atoms with van der Waals surface area (Å²) in [6.45, 7) is 8.31. The van der Waals surface area contributed by atoms with E-state index in [4.69, 9.17) is 27.9 Å². The average Bonchev–Trinajstić information content (AvgIpc) is 3.08. The van der Waals surface area contributed by atoms with Crippen molar-refractivity contribution < 1.29 is 14.6 Å². The molecule has 0 bridgehead atoms. The molecule has 0 saturated heterocycles. The Morgan fingerprint density at radius 2 is 1.86 bits per heavy atom. The number of benzene rings is 2. The zero-order valence-electron chi connectivity index (χ0n) is 19.8. The molecule has 1 aromatic heterocycles. The van der Waals surface area contributed by atoms with Gasteiger partial charge in [-0.25, -0.2) is 0 Å². The third kappa shape index (κ3) is 5.00. The van der Waals surface area contributed by atoms with Gasteiger partial charge in [-0.1, -0.05) is 66.5 Å². The van der Waals surface area contributed by atoms with E-state index in [2.05, 4.69) is 11.6 Å². The third-order valence-corrected chi connectivity index (χ3v) is 6.79. The lowest BCUT2D eigenvalue weighted by Crippen LogP contribution is -2.47. The molecule has 3 aromatic rings. The van der Waals surface area contributed by atoms with Crippen molar-refractivity contribution >= 4 is 34.7 Å². The number of ether oxygens (including phenoxy) is 1. The molecule has 1 N–H and O–H groups in total. The van der Waals surface area contributed by atoms with Crippen LogP contribution < -0.4 is 0 Å². The number of aromatic nitrogens is 1. The molecular weight excluding hydrogens is 483 g/mol. The lowest BCUT2D eigenvalue weighted by Gasteiger charge is -2.39. The maximum absolute atomic E-state index is 13.9. The Labute approximate surface area is 216 Å². The van der Waals surface area contributed by atoms with Gasteiger partial charge in [-0.05, 0) is 55.7 Å². The van der Waals surface area contributed by atoms with E-state index in [-0.39, 0.29) is 19.1 Å². The van der Waals surface area contributed by atoms with Gasteiger partial charge in [0.05, 0.1) is 30.0 Å². The van der Waals surface area contributed by atoms with Crippen LogP contribution in [0.2, 0.25) is 10.0 Å². The first-order valence-corrected chi connectivity index (χ1v) is 12.3. The summed E-state index contributed by atoms with van der Waals surface area (Å²) in [6, 6.07) is 16.6. The minimum atomic E-state index is -1.22. The molecule has 2 atom stereocenters. The number of halogens is 2. The number of amides is 1. The van der Waals surface area contributed by atoms with Crippen molar-refractivity contribution in [3.05, 3.63) is 105 Å². The number of carbonyl (C=O) groups excluding carboxylic acids is 1. The molecule has 4 rings (SSSR count). The van der Waals surface area contributed by atoms with E-state index >= 15 is 0 Å². The molecule has 0 saturated carbocycles.